The second-order valence-electron chi connectivity index (χ2n) is 6.67. The fourth-order valence-electron chi connectivity index (χ4n) is 2.82. The summed E-state index contributed by atoms with van der Waals surface area (Å²) < 4.78 is 0. The zero-order valence-electron chi connectivity index (χ0n) is 14.7. The van der Waals surface area contributed by atoms with Crippen LogP contribution in [0.25, 0.3) is 0 Å². The van der Waals surface area contributed by atoms with Crippen molar-refractivity contribution >= 4 is 0 Å². The van der Waals surface area contributed by atoms with Gasteiger partial charge in [0.15, 0.2) is 0 Å². The van der Waals surface area contributed by atoms with E-state index in [0.29, 0.717) is 0 Å². The fourth-order valence-corrected chi connectivity index (χ4v) is 2.82. The first-order valence-corrected chi connectivity index (χ1v) is 9.43. The predicted molar refractivity (Wildman–Crippen MR) is 94.7 cm³/mol. The summed E-state index contributed by atoms with van der Waals surface area (Å²) >= 11 is 0. The van der Waals surface area contributed by atoms with Crippen LogP contribution in [0.4, 0.5) is 0 Å². The maximum absolute atomic E-state index is 9.43. The summed E-state index contributed by atoms with van der Waals surface area (Å²) in [4.78, 5) is 0. The highest BCUT2D eigenvalue weighted by Gasteiger charge is 2.20. The highest BCUT2D eigenvalue weighted by Crippen LogP contribution is 2.13. The van der Waals surface area contributed by atoms with Gasteiger partial charge in [-0.3, -0.25) is 0 Å². The molecule has 3 atom stereocenters. The first-order valence-electron chi connectivity index (χ1n) is 9.43. The van der Waals surface area contributed by atoms with Crippen LogP contribution >= 0.6 is 0 Å². The summed E-state index contributed by atoms with van der Waals surface area (Å²) in [6, 6.07) is -0.733. The molecule has 0 amide bonds. The van der Waals surface area contributed by atoms with Crippen LogP contribution in [-0.2, 0) is 0 Å². The third kappa shape index (κ3) is 12.4. The Morgan fingerprint density at radius 2 is 1.14 bits per heavy atom. The highest BCUT2D eigenvalue weighted by atomic mass is 16.3. The van der Waals surface area contributed by atoms with Crippen LogP contribution < -0.4 is 11.5 Å². The molecule has 0 rings (SSSR count). The number of hydrogen-bond acceptors (Lipinski definition) is 4. The normalized spacial score (nSPS) is 15.7. The van der Waals surface area contributed by atoms with Crippen molar-refractivity contribution in [2.75, 3.05) is 6.61 Å². The number of nitrogens with two attached hydrogens (primary N) is 2. The van der Waals surface area contributed by atoms with E-state index in [2.05, 4.69) is 6.92 Å². The molecule has 0 saturated carbocycles. The minimum absolute atomic E-state index is 0.217. The van der Waals surface area contributed by atoms with Crippen molar-refractivity contribution in [1.82, 2.24) is 0 Å². The van der Waals surface area contributed by atoms with Crippen molar-refractivity contribution in [2.45, 2.75) is 109 Å². The van der Waals surface area contributed by atoms with E-state index < -0.39 is 12.1 Å². The molecule has 0 saturated heterocycles. The molecule has 0 heterocycles. The molecule has 4 nitrogen and oxygen atoms in total. The van der Waals surface area contributed by atoms with Crippen molar-refractivity contribution in [3.63, 3.8) is 0 Å². The van der Waals surface area contributed by atoms with Crippen LogP contribution in [0.15, 0.2) is 0 Å². The third-order valence-corrected chi connectivity index (χ3v) is 4.52. The lowest BCUT2D eigenvalue weighted by molar-refractivity contribution is 0.0657. The quantitative estimate of drug-likeness (QED) is 0.329. The fraction of sp³-hybridized carbons (Fsp3) is 1.00. The lowest BCUT2D eigenvalue weighted by Crippen LogP contribution is -2.50. The molecule has 0 unspecified atom stereocenters. The SMILES string of the molecule is CCCCCCCCCCCCCC[C@H](N)[C@@H](N)[C@H](O)CO. The first-order chi connectivity index (χ1) is 10.6. The van der Waals surface area contributed by atoms with Gasteiger partial charge in [0.25, 0.3) is 0 Å². The Balaban J connectivity index is 3.26. The van der Waals surface area contributed by atoms with Crippen LogP contribution in [0.5, 0.6) is 0 Å². The van der Waals surface area contributed by atoms with Crippen LogP contribution in [-0.4, -0.2) is 35.0 Å². The van der Waals surface area contributed by atoms with Crippen molar-refractivity contribution < 1.29 is 10.2 Å². The molecular weight excluding hydrogens is 276 g/mol. The first kappa shape index (κ1) is 21.8. The van der Waals surface area contributed by atoms with Crippen molar-refractivity contribution in [3.05, 3.63) is 0 Å². The predicted octanol–water partition coefficient (Wildman–Crippen LogP) is 3.09. The monoisotopic (exact) mass is 316 g/mol. The van der Waals surface area contributed by atoms with E-state index >= 15 is 0 Å². The molecule has 4 heteroatoms. The summed E-state index contributed by atoms with van der Waals surface area (Å²) in [5.74, 6) is 0. The molecule has 0 aromatic carbocycles. The van der Waals surface area contributed by atoms with Crippen LogP contribution in [0.3, 0.4) is 0 Å². The molecule has 0 aromatic rings. The van der Waals surface area contributed by atoms with Crippen molar-refractivity contribution in [2.24, 2.45) is 11.5 Å². The molecular formula is C18H40N2O2. The summed E-state index contributed by atoms with van der Waals surface area (Å²) in [5, 5.41) is 18.3. The van der Waals surface area contributed by atoms with Gasteiger partial charge in [-0.1, -0.05) is 84.0 Å². The van der Waals surface area contributed by atoms with Gasteiger partial charge in [-0.2, -0.15) is 0 Å². The maximum Gasteiger partial charge on any atom is 0.0936 e. The van der Waals surface area contributed by atoms with E-state index in [-0.39, 0.29) is 12.6 Å². The number of hydrogen-bond donors (Lipinski definition) is 4. The van der Waals surface area contributed by atoms with Gasteiger partial charge in [-0.15, -0.1) is 0 Å². The highest BCUT2D eigenvalue weighted by molar-refractivity contribution is 4.82. The Morgan fingerprint density at radius 1 is 0.727 bits per heavy atom. The van der Waals surface area contributed by atoms with E-state index in [9.17, 15) is 5.11 Å². The lowest BCUT2D eigenvalue weighted by atomic mass is 9.98. The smallest absolute Gasteiger partial charge is 0.0936 e. The summed E-state index contributed by atoms with van der Waals surface area (Å²) in [7, 11) is 0. The maximum atomic E-state index is 9.43. The number of unbranched alkanes of at least 4 members (excludes halogenated alkanes) is 11. The molecule has 22 heavy (non-hydrogen) atoms. The van der Waals surface area contributed by atoms with Gasteiger partial charge in [0.05, 0.1) is 12.7 Å². The summed E-state index contributed by atoms with van der Waals surface area (Å²) in [6.07, 6.45) is 15.8. The topological polar surface area (TPSA) is 92.5 Å². The molecule has 0 spiro atoms. The van der Waals surface area contributed by atoms with Gasteiger partial charge in [-0.25, -0.2) is 0 Å². The number of aliphatic hydroxyl groups is 2. The standard InChI is InChI=1S/C18H40N2O2/c1-2-3-4-5-6-7-8-9-10-11-12-13-14-16(19)18(20)17(22)15-21/h16-18,21-22H,2-15,19-20H2,1H3/t16-,17+,18+/m0/s1. The molecule has 0 radical (unpaired) electrons. The minimum Gasteiger partial charge on any atom is -0.394 e. The van der Waals surface area contributed by atoms with E-state index in [0.717, 1.165) is 12.8 Å². The van der Waals surface area contributed by atoms with Crippen LogP contribution in [0, 0.1) is 0 Å². The molecule has 0 fully saturated rings. The molecule has 134 valence electrons. The Labute approximate surface area is 137 Å². The summed E-state index contributed by atoms with van der Waals surface area (Å²) in [6.45, 7) is 1.95. The number of aliphatic hydroxyl groups excluding tert-OH is 2. The third-order valence-electron chi connectivity index (χ3n) is 4.52. The Morgan fingerprint density at radius 3 is 1.55 bits per heavy atom. The molecule has 0 aliphatic heterocycles. The molecule has 0 aliphatic rings. The van der Waals surface area contributed by atoms with E-state index in [1.165, 1.54) is 70.6 Å². The second-order valence-corrected chi connectivity index (χ2v) is 6.67. The largest absolute Gasteiger partial charge is 0.394 e. The summed E-state index contributed by atoms with van der Waals surface area (Å²) in [5.41, 5.74) is 11.7. The van der Waals surface area contributed by atoms with Crippen LogP contribution in [0.1, 0.15) is 90.4 Å². The average Bonchev–Trinajstić information content (AvgIpc) is 2.54. The Hall–Kier alpha value is -0.160. The van der Waals surface area contributed by atoms with Crippen LogP contribution in [0.2, 0.25) is 0 Å². The van der Waals surface area contributed by atoms with Crippen molar-refractivity contribution in [1.29, 1.82) is 0 Å². The van der Waals surface area contributed by atoms with E-state index in [4.69, 9.17) is 16.6 Å². The lowest BCUT2D eigenvalue weighted by Gasteiger charge is -2.23. The van der Waals surface area contributed by atoms with E-state index in [1.54, 1.807) is 0 Å². The zero-order valence-corrected chi connectivity index (χ0v) is 14.7. The van der Waals surface area contributed by atoms with Crippen molar-refractivity contribution in [3.8, 4) is 0 Å². The molecule has 0 aromatic heterocycles. The van der Waals surface area contributed by atoms with Gasteiger partial charge in [0.2, 0.25) is 0 Å². The van der Waals surface area contributed by atoms with E-state index in [1.807, 2.05) is 0 Å². The average molecular weight is 317 g/mol. The van der Waals surface area contributed by atoms with Gasteiger partial charge >= 0.3 is 0 Å². The van der Waals surface area contributed by atoms with Gasteiger partial charge in [-0.05, 0) is 6.42 Å². The Bertz CT molecular complexity index is 227. The zero-order chi connectivity index (χ0) is 16.6. The number of rotatable bonds is 16. The molecule has 0 aliphatic carbocycles. The van der Waals surface area contributed by atoms with Gasteiger partial charge in [0, 0.05) is 12.1 Å². The van der Waals surface area contributed by atoms with Gasteiger partial charge < -0.3 is 21.7 Å². The Kier molecular flexibility index (Phi) is 15.6. The molecule has 6 N–H and O–H groups in total. The second kappa shape index (κ2) is 15.7. The van der Waals surface area contributed by atoms with Gasteiger partial charge in [0.1, 0.15) is 0 Å². The minimum atomic E-state index is -0.896. The molecule has 0 bridgehead atoms.